The molecule has 3 atom stereocenters. The molecule has 6 heteroatoms. The second-order valence-corrected chi connectivity index (χ2v) is 5.64. The molecule has 0 aliphatic carbocycles. The average Bonchev–Trinajstić information content (AvgIpc) is 3.17. The summed E-state index contributed by atoms with van der Waals surface area (Å²) in [5.74, 6) is 1.12. The molecule has 0 saturated carbocycles. The summed E-state index contributed by atoms with van der Waals surface area (Å²) < 4.78 is 11.8. The van der Waals surface area contributed by atoms with Crippen LogP contribution in [0.25, 0.3) is 0 Å². The monoisotopic (exact) mass is 298 g/mol. The minimum absolute atomic E-state index is 0.123. The first-order valence-corrected chi connectivity index (χ1v) is 7.55. The maximum absolute atomic E-state index is 6.11. The van der Waals surface area contributed by atoms with Crippen molar-refractivity contribution in [1.82, 2.24) is 15.0 Å². The van der Waals surface area contributed by atoms with Crippen LogP contribution in [0.2, 0.25) is 0 Å². The molecule has 0 spiro atoms. The van der Waals surface area contributed by atoms with E-state index in [4.69, 9.17) is 9.47 Å². The zero-order valence-electron chi connectivity index (χ0n) is 12.2. The second-order valence-electron chi connectivity index (χ2n) is 5.64. The van der Waals surface area contributed by atoms with Crippen LogP contribution in [0.4, 0.5) is 5.95 Å². The number of fused-ring (bicyclic) bond motifs is 1. The van der Waals surface area contributed by atoms with Crippen LogP contribution in [0.3, 0.4) is 0 Å². The Morgan fingerprint density at radius 2 is 1.95 bits per heavy atom. The second kappa shape index (κ2) is 5.98. The minimum Gasteiger partial charge on any atom is -0.379 e. The molecule has 22 heavy (non-hydrogen) atoms. The van der Waals surface area contributed by atoms with E-state index in [2.05, 4.69) is 19.9 Å². The molecule has 2 aliphatic rings. The lowest BCUT2D eigenvalue weighted by Crippen LogP contribution is -2.33. The Hall–Kier alpha value is -2.05. The van der Waals surface area contributed by atoms with Crippen molar-refractivity contribution in [3.05, 3.63) is 48.5 Å². The molecule has 0 bridgehead atoms. The van der Waals surface area contributed by atoms with Crippen molar-refractivity contribution in [2.45, 2.75) is 18.8 Å². The van der Waals surface area contributed by atoms with E-state index in [1.807, 2.05) is 24.3 Å². The average molecular weight is 298 g/mol. The molecule has 0 radical (unpaired) electrons. The molecule has 0 amide bonds. The van der Waals surface area contributed by atoms with Crippen LogP contribution in [0.15, 0.2) is 42.9 Å². The van der Waals surface area contributed by atoms with Gasteiger partial charge in [0.2, 0.25) is 5.95 Å². The van der Waals surface area contributed by atoms with Gasteiger partial charge in [0.05, 0.1) is 37.7 Å². The quantitative estimate of drug-likeness (QED) is 0.848. The van der Waals surface area contributed by atoms with Crippen LogP contribution in [-0.2, 0) is 16.1 Å². The first-order valence-electron chi connectivity index (χ1n) is 7.55. The lowest BCUT2D eigenvalue weighted by molar-refractivity contribution is 0.0146. The van der Waals surface area contributed by atoms with Gasteiger partial charge < -0.3 is 14.4 Å². The lowest BCUT2D eigenvalue weighted by atomic mass is 10.0. The smallest absolute Gasteiger partial charge is 0.225 e. The van der Waals surface area contributed by atoms with E-state index in [9.17, 15) is 0 Å². The molecule has 0 aromatic carbocycles. The third-order valence-electron chi connectivity index (χ3n) is 4.33. The zero-order valence-corrected chi connectivity index (χ0v) is 12.2. The van der Waals surface area contributed by atoms with Crippen LogP contribution in [0.5, 0.6) is 0 Å². The molecule has 114 valence electrons. The number of rotatable bonds is 4. The molecule has 0 N–H and O–H groups in total. The summed E-state index contributed by atoms with van der Waals surface area (Å²) in [4.78, 5) is 15.2. The van der Waals surface area contributed by atoms with Crippen molar-refractivity contribution in [2.75, 3.05) is 24.7 Å². The van der Waals surface area contributed by atoms with Crippen LogP contribution in [0, 0.1) is 5.92 Å². The first kappa shape index (κ1) is 13.6. The van der Waals surface area contributed by atoms with Gasteiger partial charge in [0.1, 0.15) is 0 Å². The van der Waals surface area contributed by atoms with Crippen molar-refractivity contribution in [2.24, 2.45) is 5.92 Å². The van der Waals surface area contributed by atoms with Gasteiger partial charge in [-0.1, -0.05) is 6.07 Å². The van der Waals surface area contributed by atoms with Gasteiger partial charge >= 0.3 is 0 Å². The number of hydrogen-bond acceptors (Lipinski definition) is 6. The Kier molecular flexibility index (Phi) is 3.70. The SMILES string of the molecule is c1ccc(CO[C@@H]2CN(c3ncccn3)[C@H]3COC[C@@H]23)nc1. The summed E-state index contributed by atoms with van der Waals surface area (Å²) in [5, 5.41) is 0. The normalized spacial score (nSPS) is 27.1. The fourth-order valence-electron chi connectivity index (χ4n) is 3.22. The largest absolute Gasteiger partial charge is 0.379 e. The maximum Gasteiger partial charge on any atom is 0.225 e. The zero-order chi connectivity index (χ0) is 14.8. The number of aromatic nitrogens is 3. The summed E-state index contributed by atoms with van der Waals surface area (Å²) in [6.07, 6.45) is 5.46. The molecular weight excluding hydrogens is 280 g/mol. The van der Waals surface area contributed by atoms with Crippen molar-refractivity contribution >= 4 is 5.95 Å². The Balaban J connectivity index is 1.47. The molecule has 6 nitrogen and oxygen atoms in total. The first-order chi connectivity index (χ1) is 10.9. The molecule has 2 saturated heterocycles. The molecule has 2 aromatic rings. The highest BCUT2D eigenvalue weighted by atomic mass is 16.5. The van der Waals surface area contributed by atoms with E-state index in [-0.39, 0.29) is 6.10 Å². The van der Waals surface area contributed by atoms with Crippen molar-refractivity contribution in [1.29, 1.82) is 0 Å². The minimum atomic E-state index is 0.123. The predicted octanol–water partition coefficient (Wildman–Crippen LogP) is 1.29. The highest BCUT2D eigenvalue weighted by molar-refractivity contribution is 5.35. The van der Waals surface area contributed by atoms with Gasteiger partial charge in [-0.2, -0.15) is 0 Å². The fourth-order valence-corrected chi connectivity index (χ4v) is 3.22. The van der Waals surface area contributed by atoms with Crippen LogP contribution >= 0.6 is 0 Å². The van der Waals surface area contributed by atoms with Gasteiger partial charge in [-0.3, -0.25) is 4.98 Å². The Labute approximate surface area is 129 Å². The Bertz CT molecular complexity index is 610. The topological polar surface area (TPSA) is 60.4 Å². The number of nitrogens with zero attached hydrogens (tertiary/aromatic N) is 4. The van der Waals surface area contributed by atoms with Gasteiger partial charge in [-0.15, -0.1) is 0 Å². The highest BCUT2D eigenvalue weighted by Crippen LogP contribution is 2.34. The van der Waals surface area contributed by atoms with Crippen molar-refractivity contribution in [3.8, 4) is 0 Å². The predicted molar refractivity (Wildman–Crippen MR) is 80.3 cm³/mol. The number of pyridine rings is 1. The summed E-state index contributed by atoms with van der Waals surface area (Å²) in [7, 11) is 0. The van der Waals surface area contributed by atoms with Crippen LogP contribution < -0.4 is 4.90 Å². The van der Waals surface area contributed by atoms with Crippen molar-refractivity contribution < 1.29 is 9.47 Å². The Morgan fingerprint density at radius 3 is 2.77 bits per heavy atom. The third kappa shape index (κ3) is 2.55. The third-order valence-corrected chi connectivity index (χ3v) is 4.33. The van der Waals surface area contributed by atoms with E-state index in [1.54, 1.807) is 18.6 Å². The van der Waals surface area contributed by atoms with E-state index >= 15 is 0 Å². The number of anilines is 1. The molecule has 2 aliphatic heterocycles. The summed E-state index contributed by atoms with van der Waals surface area (Å²) in [5.41, 5.74) is 0.951. The molecule has 4 heterocycles. The summed E-state index contributed by atoms with van der Waals surface area (Å²) >= 11 is 0. The highest BCUT2D eigenvalue weighted by Gasteiger charge is 2.47. The molecule has 2 aromatic heterocycles. The van der Waals surface area contributed by atoms with E-state index < -0.39 is 0 Å². The number of hydrogen-bond donors (Lipinski definition) is 0. The van der Waals surface area contributed by atoms with E-state index in [0.29, 0.717) is 25.2 Å². The van der Waals surface area contributed by atoms with Crippen LogP contribution in [-0.4, -0.2) is 46.9 Å². The lowest BCUT2D eigenvalue weighted by Gasteiger charge is -2.21. The molecular formula is C16H18N4O2. The van der Waals surface area contributed by atoms with Crippen LogP contribution in [0.1, 0.15) is 5.69 Å². The van der Waals surface area contributed by atoms with Gasteiger partial charge in [-0.25, -0.2) is 9.97 Å². The molecule has 2 fully saturated rings. The fraction of sp³-hybridized carbons (Fsp3) is 0.438. The number of ether oxygens (including phenoxy) is 2. The maximum atomic E-state index is 6.11. The van der Waals surface area contributed by atoms with Gasteiger partial charge in [0, 0.05) is 31.1 Å². The van der Waals surface area contributed by atoms with Crippen molar-refractivity contribution in [3.63, 3.8) is 0 Å². The van der Waals surface area contributed by atoms with E-state index in [0.717, 1.165) is 24.8 Å². The van der Waals surface area contributed by atoms with Gasteiger partial charge in [-0.05, 0) is 18.2 Å². The van der Waals surface area contributed by atoms with Gasteiger partial charge in [0.25, 0.3) is 0 Å². The summed E-state index contributed by atoms with van der Waals surface area (Å²) in [6.45, 7) is 2.78. The Morgan fingerprint density at radius 1 is 1.09 bits per heavy atom. The molecule has 4 rings (SSSR count). The standard InChI is InChI=1S/C16H18N4O2/c1-2-5-17-12(4-1)9-22-15-8-20(14-11-21-10-13(14)15)16-18-6-3-7-19-16/h1-7,13-15H,8-11H2/t13-,14+,15-/m1/s1. The summed E-state index contributed by atoms with van der Waals surface area (Å²) in [6, 6.07) is 8.00. The molecule has 0 unspecified atom stereocenters. The van der Waals surface area contributed by atoms with E-state index in [1.165, 1.54) is 0 Å². The van der Waals surface area contributed by atoms with Gasteiger partial charge in [0.15, 0.2) is 0 Å².